The summed E-state index contributed by atoms with van der Waals surface area (Å²) in [6.45, 7) is 6.36. The molecular weight excluding hydrogens is 570 g/mol. The summed E-state index contributed by atoms with van der Waals surface area (Å²) in [7, 11) is -2.69. The summed E-state index contributed by atoms with van der Waals surface area (Å²) in [5.41, 5.74) is 3.44. The summed E-state index contributed by atoms with van der Waals surface area (Å²) in [6.07, 6.45) is 1.39. The smallest absolute Gasteiger partial charge is 0.344 e. The minimum Gasteiger partial charge on any atom is -0.495 e. The summed E-state index contributed by atoms with van der Waals surface area (Å²) in [6, 6.07) is 17.3. The molecule has 0 saturated heterocycles. The van der Waals surface area contributed by atoms with Crippen molar-refractivity contribution in [3.8, 4) is 11.5 Å². The van der Waals surface area contributed by atoms with Crippen LogP contribution in [0.25, 0.3) is 0 Å². The maximum atomic E-state index is 13.5. The Morgan fingerprint density at radius 1 is 1.02 bits per heavy atom. The SMILES string of the molecule is COc1ccc(N(CC(=O)N/N=C\c2ccc(OCC(=O)OC(C)(C)C)cc2)S(=O)(=O)c2ccc(C)cc2)cc1Cl. The Bertz CT molecular complexity index is 1500. The molecule has 0 radical (unpaired) electrons. The molecule has 0 aliphatic heterocycles. The van der Waals surface area contributed by atoms with Crippen LogP contribution < -0.4 is 19.2 Å². The number of aryl methyl sites for hydroxylation is 1. The van der Waals surface area contributed by atoms with Crippen LogP contribution in [-0.2, 0) is 24.3 Å². The molecular formula is C29H32ClN3O7S. The standard InChI is InChI=1S/C29H32ClN3O7S/c1-20-6-13-24(14-7-20)41(36,37)33(22-10-15-26(38-5)25(30)16-22)18-27(34)32-31-17-21-8-11-23(12-9-21)39-19-28(35)40-29(2,3)4/h6-17H,18-19H2,1-5H3,(H,32,34)/b31-17-. The molecule has 10 nitrogen and oxygen atoms in total. The van der Waals surface area contributed by atoms with Crippen molar-refractivity contribution in [2.45, 2.75) is 38.2 Å². The van der Waals surface area contributed by atoms with Gasteiger partial charge in [0.05, 0.1) is 28.9 Å². The Balaban J connectivity index is 1.69. The Morgan fingerprint density at radius 2 is 1.68 bits per heavy atom. The van der Waals surface area contributed by atoms with Gasteiger partial charge in [-0.3, -0.25) is 9.10 Å². The van der Waals surface area contributed by atoms with E-state index >= 15 is 0 Å². The molecule has 0 bridgehead atoms. The van der Waals surface area contributed by atoms with Gasteiger partial charge in [-0.25, -0.2) is 18.6 Å². The fourth-order valence-electron chi connectivity index (χ4n) is 3.47. The molecule has 3 aromatic carbocycles. The van der Waals surface area contributed by atoms with Crippen molar-refractivity contribution in [3.05, 3.63) is 82.9 Å². The van der Waals surface area contributed by atoms with Crippen LogP contribution in [0.3, 0.4) is 0 Å². The van der Waals surface area contributed by atoms with E-state index in [1.807, 2.05) is 6.92 Å². The number of esters is 1. The molecule has 3 rings (SSSR count). The van der Waals surface area contributed by atoms with Crippen LogP contribution in [-0.4, -0.2) is 52.4 Å². The number of sulfonamides is 1. The van der Waals surface area contributed by atoms with E-state index < -0.39 is 34.0 Å². The Kier molecular flexibility index (Phi) is 10.4. The minimum absolute atomic E-state index is 0.0142. The molecule has 0 unspecified atom stereocenters. The second kappa shape index (κ2) is 13.5. The molecule has 1 amide bonds. The normalized spacial score (nSPS) is 11.7. The van der Waals surface area contributed by atoms with Crippen LogP contribution in [0.4, 0.5) is 5.69 Å². The van der Waals surface area contributed by atoms with Gasteiger partial charge in [-0.15, -0.1) is 0 Å². The first kappa shape index (κ1) is 31.4. The summed E-state index contributed by atoms with van der Waals surface area (Å²) in [5.74, 6) is -0.354. The van der Waals surface area contributed by atoms with Crippen LogP contribution in [0.15, 0.2) is 76.7 Å². The third-order valence-corrected chi connectivity index (χ3v) is 7.46. The zero-order valence-electron chi connectivity index (χ0n) is 23.4. The van der Waals surface area contributed by atoms with Gasteiger partial charge in [0.15, 0.2) is 6.61 Å². The van der Waals surface area contributed by atoms with Gasteiger partial charge >= 0.3 is 5.97 Å². The van der Waals surface area contributed by atoms with E-state index in [1.165, 1.54) is 43.7 Å². The Labute approximate surface area is 244 Å². The van der Waals surface area contributed by atoms with Gasteiger partial charge in [0.2, 0.25) is 0 Å². The molecule has 1 N–H and O–H groups in total. The van der Waals surface area contributed by atoms with Crippen molar-refractivity contribution in [1.82, 2.24) is 5.43 Å². The number of hydrazone groups is 1. The van der Waals surface area contributed by atoms with Crippen molar-refractivity contribution in [3.63, 3.8) is 0 Å². The zero-order chi connectivity index (χ0) is 30.2. The molecule has 218 valence electrons. The summed E-state index contributed by atoms with van der Waals surface area (Å²) in [5, 5.41) is 4.12. The average molecular weight is 602 g/mol. The first-order valence-electron chi connectivity index (χ1n) is 12.5. The van der Waals surface area contributed by atoms with Crippen molar-refractivity contribution >= 4 is 45.4 Å². The summed E-state index contributed by atoms with van der Waals surface area (Å²) in [4.78, 5) is 24.6. The number of carbonyl (C=O) groups is 2. The number of benzene rings is 3. The molecule has 41 heavy (non-hydrogen) atoms. The van der Waals surface area contributed by atoms with Crippen LogP contribution >= 0.6 is 11.6 Å². The highest BCUT2D eigenvalue weighted by Gasteiger charge is 2.28. The number of rotatable bonds is 11. The molecule has 3 aromatic rings. The highest BCUT2D eigenvalue weighted by molar-refractivity contribution is 7.92. The first-order valence-corrected chi connectivity index (χ1v) is 14.3. The maximum absolute atomic E-state index is 13.5. The Hall–Kier alpha value is -4.09. The average Bonchev–Trinajstić information content (AvgIpc) is 2.90. The fourth-order valence-corrected chi connectivity index (χ4v) is 5.14. The molecule has 0 heterocycles. The lowest BCUT2D eigenvalue weighted by molar-refractivity contribution is -0.157. The number of ether oxygens (including phenoxy) is 3. The molecule has 0 aliphatic rings. The van der Waals surface area contributed by atoms with E-state index in [-0.39, 0.29) is 22.2 Å². The fraction of sp³-hybridized carbons (Fsp3) is 0.276. The minimum atomic E-state index is -4.13. The summed E-state index contributed by atoms with van der Waals surface area (Å²) >= 11 is 6.25. The van der Waals surface area contributed by atoms with Gasteiger partial charge in [0.1, 0.15) is 23.6 Å². The van der Waals surface area contributed by atoms with Gasteiger partial charge < -0.3 is 14.2 Å². The molecule has 0 atom stereocenters. The van der Waals surface area contributed by atoms with Crippen LogP contribution in [0.5, 0.6) is 11.5 Å². The van der Waals surface area contributed by atoms with Gasteiger partial charge in [0.25, 0.3) is 15.9 Å². The number of carbonyl (C=O) groups excluding carboxylic acids is 2. The predicted octanol–water partition coefficient (Wildman–Crippen LogP) is 4.72. The third-order valence-electron chi connectivity index (χ3n) is 5.38. The van der Waals surface area contributed by atoms with Gasteiger partial charge in [-0.05, 0) is 87.9 Å². The molecule has 0 aliphatic carbocycles. The third kappa shape index (κ3) is 9.22. The largest absolute Gasteiger partial charge is 0.495 e. The lowest BCUT2D eigenvalue weighted by Gasteiger charge is -2.24. The highest BCUT2D eigenvalue weighted by atomic mass is 35.5. The Morgan fingerprint density at radius 3 is 2.27 bits per heavy atom. The number of hydrogen-bond donors (Lipinski definition) is 1. The van der Waals surface area contributed by atoms with Gasteiger partial charge in [0, 0.05) is 0 Å². The maximum Gasteiger partial charge on any atom is 0.344 e. The van der Waals surface area contributed by atoms with E-state index in [4.69, 9.17) is 25.8 Å². The number of anilines is 1. The number of halogens is 1. The predicted molar refractivity (Wildman–Crippen MR) is 157 cm³/mol. The molecule has 0 aromatic heterocycles. The van der Waals surface area contributed by atoms with Crippen molar-refractivity contribution in [2.24, 2.45) is 5.10 Å². The number of amides is 1. The van der Waals surface area contributed by atoms with E-state index in [9.17, 15) is 18.0 Å². The zero-order valence-corrected chi connectivity index (χ0v) is 25.0. The van der Waals surface area contributed by atoms with Crippen molar-refractivity contribution < 1.29 is 32.2 Å². The van der Waals surface area contributed by atoms with E-state index in [0.717, 1.165) is 9.87 Å². The second-order valence-electron chi connectivity index (χ2n) is 9.88. The number of nitrogens with one attached hydrogen (secondary N) is 1. The lowest BCUT2D eigenvalue weighted by Crippen LogP contribution is -2.39. The first-order chi connectivity index (χ1) is 19.3. The number of methoxy groups -OCH3 is 1. The second-order valence-corrected chi connectivity index (χ2v) is 12.2. The van der Waals surface area contributed by atoms with E-state index in [0.29, 0.717) is 17.1 Å². The topological polar surface area (TPSA) is 124 Å². The number of nitrogens with zero attached hydrogens (tertiary/aromatic N) is 2. The molecule has 0 fully saturated rings. The van der Waals surface area contributed by atoms with Gasteiger partial charge in [-0.1, -0.05) is 29.3 Å². The quantitative estimate of drug-likeness (QED) is 0.192. The molecule has 12 heteroatoms. The summed E-state index contributed by atoms with van der Waals surface area (Å²) < 4.78 is 43.8. The molecule has 0 spiro atoms. The lowest BCUT2D eigenvalue weighted by atomic mass is 10.2. The van der Waals surface area contributed by atoms with E-state index in [1.54, 1.807) is 57.2 Å². The van der Waals surface area contributed by atoms with Crippen LogP contribution in [0.1, 0.15) is 31.9 Å². The van der Waals surface area contributed by atoms with Crippen molar-refractivity contribution in [1.29, 1.82) is 0 Å². The monoisotopic (exact) mass is 601 g/mol. The van der Waals surface area contributed by atoms with E-state index in [2.05, 4.69) is 10.5 Å². The highest BCUT2D eigenvalue weighted by Crippen LogP contribution is 2.32. The van der Waals surface area contributed by atoms with Gasteiger partial charge in [-0.2, -0.15) is 5.10 Å². The van der Waals surface area contributed by atoms with Crippen molar-refractivity contribution in [2.75, 3.05) is 24.6 Å². The van der Waals surface area contributed by atoms with Crippen LogP contribution in [0, 0.1) is 6.92 Å². The molecule has 0 saturated carbocycles. The van der Waals surface area contributed by atoms with Crippen LogP contribution in [0.2, 0.25) is 5.02 Å². The number of hydrogen-bond acceptors (Lipinski definition) is 8.